The van der Waals surface area contributed by atoms with Crippen LogP contribution in [0.2, 0.25) is 0 Å². The van der Waals surface area contributed by atoms with Gasteiger partial charge in [-0.25, -0.2) is 0 Å². The van der Waals surface area contributed by atoms with Gasteiger partial charge in [-0.2, -0.15) is 0 Å². The SMILES string of the molecule is CCOC1CC(c2cccc(Br)c2)C1. The van der Waals surface area contributed by atoms with Crippen LogP contribution in [0.25, 0.3) is 0 Å². The van der Waals surface area contributed by atoms with Gasteiger partial charge in [0, 0.05) is 11.1 Å². The van der Waals surface area contributed by atoms with Crippen molar-refractivity contribution in [2.24, 2.45) is 0 Å². The van der Waals surface area contributed by atoms with Crippen molar-refractivity contribution in [3.05, 3.63) is 34.3 Å². The number of hydrogen-bond donors (Lipinski definition) is 0. The highest BCUT2D eigenvalue weighted by Crippen LogP contribution is 2.39. The zero-order chi connectivity index (χ0) is 9.97. The summed E-state index contributed by atoms with van der Waals surface area (Å²) in [6.07, 6.45) is 2.87. The third-order valence-corrected chi connectivity index (χ3v) is 3.31. The summed E-state index contributed by atoms with van der Waals surface area (Å²) < 4.78 is 6.72. The van der Waals surface area contributed by atoms with E-state index in [2.05, 4.69) is 47.1 Å². The predicted octanol–water partition coefficient (Wildman–Crippen LogP) is 3.73. The first kappa shape index (κ1) is 10.2. The molecule has 0 bridgehead atoms. The number of halogens is 1. The fraction of sp³-hybridized carbons (Fsp3) is 0.500. The van der Waals surface area contributed by atoms with Crippen molar-refractivity contribution in [3.8, 4) is 0 Å². The van der Waals surface area contributed by atoms with E-state index in [9.17, 15) is 0 Å². The smallest absolute Gasteiger partial charge is 0.0586 e. The van der Waals surface area contributed by atoms with Crippen LogP contribution in [-0.2, 0) is 4.74 Å². The predicted molar refractivity (Wildman–Crippen MR) is 61.5 cm³/mol. The molecular formula is C12H15BrO. The van der Waals surface area contributed by atoms with Crippen molar-refractivity contribution in [2.75, 3.05) is 6.61 Å². The van der Waals surface area contributed by atoms with Gasteiger partial charge in [-0.05, 0) is 43.4 Å². The van der Waals surface area contributed by atoms with E-state index in [0.29, 0.717) is 12.0 Å². The zero-order valence-corrected chi connectivity index (χ0v) is 9.96. The summed E-state index contributed by atoms with van der Waals surface area (Å²) >= 11 is 3.50. The average molecular weight is 255 g/mol. The minimum Gasteiger partial charge on any atom is -0.378 e. The molecule has 0 heterocycles. The van der Waals surface area contributed by atoms with Crippen molar-refractivity contribution >= 4 is 15.9 Å². The minimum absolute atomic E-state index is 0.504. The molecule has 76 valence electrons. The molecule has 14 heavy (non-hydrogen) atoms. The molecule has 0 unspecified atom stereocenters. The van der Waals surface area contributed by atoms with Crippen molar-refractivity contribution in [3.63, 3.8) is 0 Å². The molecule has 1 saturated carbocycles. The Bertz CT molecular complexity index is 305. The third kappa shape index (κ3) is 2.18. The lowest BCUT2D eigenvalue weighted by Crippen LogP contribution is -2.29. The Morgan fingerprint density at radius 2 is 2.21 bits per heavy atom. The maximum atomic E-state index is 5.55. The van der Waals surface area contributed by atoms with E-state index in [4.69, 9.17) is 4.74 Å². The number of rotatable bonds is 3. The van der Waals surface area contributed by atoms with Crippen LogP contribution in [0.3, 0.4) is 0 Å². The number of hydrogen-bond acceptors (Lipinski definition) is 1. The van der Waals surface area contributed by atoms with Crippen LogP contribution in [0, 0.1) is 0 Å². The fourth-order valence-electron chi connectivity index (χ4n) is 1.97. The van der Waals surface area contributed by atoms with Gasteiger partial charge in [0.05, 0.1) is 6.10 Å². The molecule has 0 atom stereocenters. The molecular weight excluding hydrogens is 240 g/mol. The maximum absolute atomic E-state index is 5.55. The van der Waals surface area contributed by atoms with Gasteiger partial charge >= 0.3 is 0 Å². The van der Waals surface area contributed by atoms with Crippen LogP contribution in [0.4, 0.5) is 0 Å². The Morgan fingerprint density at radius 3 is 2.86 bits per heavy atom. The normalized spacial score (nSPS) is 25.9. The highest BCUT2D eigenvalue weighted by atomic mass is 79.9. The van der Waals surface area contributed by atoms with Gasteiger partial charge < -0.3 is 4.74 Å². The Balaban J connectivity index is 1.93. The van der Waals surface area contributed by atoms with E-state index in [0.717, 1.165) is 6.61 Å². The second-order valence-electron chi connectivity index (χ2n) is 3.80. The Kier molecular flexibility index (Phi) is 3.24. The molecule has 0 aromatic heterocycles. The van der Waals surface area contributed by atoms with Crippen molar-refractivity contribution in [1.82, 2.24) is 0 Å². The molecule has 2 heteroatoms. The third-order valence-electron chi connectivity index (χ3n) is 2.82. The first-order chi connectivity index (χ1) is 6.79. The summed E-state index contributed by atoms with van der Waals surface area (Å²) in [7, 11) is 0. The molecule has 0 saturated heterocycles. The molecule has 1 aliphatic carbocycles. The first-order valence-electron chi connectivity index (χ1n) is 5.16. The maximum Gasteiger partial charge on any atom is 0.0586 e. The van der Waals surface area contributed by atoms with Gasteiger partial charge in [0.1, 0.15) is 0 Å². The molecule has 0 radical (unpaired) electrons. The molecule has 1 aliphatic rings. The number of ether oxygens (including phenoxy) is 1. The molecule has 2 rings (SSSR count). The lowest BCUT2D eigenvalue weighted by molar-refractivity contribution is -0.00319. The minimum atomic E-state index is 0.504. The molecule has 0 amide bonds. The van der Waals surface area contributed by atoms with Crippen LogP contribution in [0.1, 0.15) is 31.2 Å². The van der Waals surface area contributed by atoms with Gasteiger partial charge in [0.25, 0.3) is 0 Å². The quantitative estimate of drug-likeness (QED) is 0.799. The summed E-state index contributed by atoms with van der Waals surface area (Å²) in [6, 6.07) is 8.60. The van der Waals surface area contributed by atoms with E-state index < -0.39 is 0 Å². The van der Waals surface area contributed by atoms with E-state index in [1.54, 1.807) is 0 Å². The van der Waals surface area contributed by atoms with Crippen molar-refractivity contribution < 1.29 is 4.74 Å². The van der Waals surface area contributed by atoms with Crippen molar-refractivity contribution in [1.29, 1.82) is 0 Å². The largest absolute Gasteiger partial charge is 0.378 e. The Labute approximate surface area is 93.6 Å². The second kappa shape index (κ2) is 4.45. The van der Waals surface area contributed by atoms with Gasteiger partial charge in [0.15, 0.2) is 0 Å². The lowest BCUT2D eigenvalue weighted by atomic mass is 9.77. The molecule has 1 nitrogen and oxygen atoms in total. The topological polar surface area (TPSA) is 9.23 Å². The van der Waals surface area contributed by atoms with Crippen LogP contribution in [0.15, 0.2) is 28.7 Å². The van der Waals surface area contributed by atoms with E-state index in [-0.39, 0.29) is 0 Å². The second-order valence-corrected chi connectivity index (χ2v) is 4.72. The van der Waals surface area contributed by atoms with Gasteiger partial charge in [-0.15, -0.1) is 0 Å². The summed E-state index contributed by atoms with van der Waals surface area (Å²) in [6.45, 7) is 2.91. The lowest BCUT2D eigenvalue weighted by Gasteiger charge is -2.35. The summed E-state index contributed by atoms with van der Waals surface area (Å²) in [4.78, 5) is 0. The van der Waals surface area contributed by atoms with Crippen LogP contribution in [0.5, 0.6) is 0 Å². The fourth-order valence-corrected chi connectivity index (χ4v) is 2.39. The summed E-state index contributed by atoms with van der Waals surface area (Å²) in [5.74, 6) is 0.712. The van der Waals surface area contributed by atoms with E-state index in [1.165, 1.54) is 22.9 Å². The number of benzene rings is 1. The highest BCUT2D eigenvalue weighted by Gasteiger charge is 2.30. The first-order valence-corrected chi connectivity index (χ1v) is 5.96. The molecule has 0 N–H and O–H groups in total. The van der Waals surface area contributed by atoms with Gasteiger partial charge in [-0.3, -0.25) is 0 Å². The standard InChI is InChI=1S/C12H15BrO/c1-2-14-12-7-10(8-12)9-4-3-5-11(13)6-9/h3-6,10,12H,2,7-8H2,1H3. The molecule has 1 fully saturated rings. The Morgan fingerprint density at radius 1 is 1.43 bits per heavy atom. The van der Waals surface area contributed by atoms with Gasteiger partial charge in [0.2, 0.25) is 0 Å². The Hall–Kier alpha value is -0.340. The molecule has 1 aromatic carbocycles. The monoisotopic (exact) mass is 254 g/mol. The van der Waals surface area contributed by atoms with E-state index in [1.807, 2.05) is 0 Å². The zero-order valence-electron chi connectivity index (χ0n) is 8.37. The summed E-state index contributed by atoms with van der Waals surface area (Å²) in [5, 5.41) is 0. The molecule has 0 aliphatic heterocycles. The summed E-state index contributed by atoms with van der Waals surface area (Å²) in [5.41, 5.74) is 1.44. The highest BCUT2D eigenvalue weighted by molar-refractivity contribution is 9.10. The van der Waals surface area contributed by atoms with Crippen molar-refractivity contribution in [2.45, 2.75) is 31.8 Å². The van der Waals surface area contributed by atoms with Crippen LogP contribution < -0.4 is 0 Å². The van der Waals surface area contributed by atoms with Crippen LogP contribution >= 0.6 is 15.9 Å². The van der Waals surface area contributed by atoms with Crippen LogP contribution in [-0.4, -0.2) is 12.7 Å². The van der Waals surface area contributed by atoms with E-state index >= 15 is 0 Å². The average Bonchev–Trinajstić information content (AvgIpc) is 2.10. The molecule has 0 spiro atoms. The molecule has 1 aromatic rings. The van der Waals surface area contributed by atoms with Gasteiger partial charge in [-0.1, -0.05) is 28.1 Å².